The molecule has 0 bridgehead atoms. The van der Waals surface area contributed by atoms with E-state index < -0.39 is 5.60 Å². The Labute approximate surface area is 143 Å². The maximum absolute atomic E-state index is 11.7. The second-order valence-electron chi connectivity index (χ2n) is 5.72. The van der Waals surface area contributed by atoms with Gasteiger partial charge in [-0.15, -0.1) is 11.3 Å². The first-order valence-corrected chi connectivity index (χ1v) is 8.84. The van der Waals surface area contributed by atoms with Crippen molar-refractivity contribution < 1.29 is 9.53 Å². The second kappa shape index (κ2) is 8.36. The average Bonchev–Trinajstić information content (AvgIpc) is 2.65. The van der Waals surface area contributed by atoms with Gasteiger partial charge in [-0.3, -0.25) is 0 Å². The largest absolute Gasteiger partial charge is 0.444 e. The first-order chi connectivity index (χ1) is 9.71. The molecular weight excluding hydrogens is 376 g/mol. The number of ether oxygens (including phenoxy) is 1. The summed E-state index contributed by atoms with van der Waals surface area (Å²) in [5, 5.41) is 6.19. The number of thiophene rings is 1. The van der Waals surface area contributed by atoms with Gasteiger partial charge in [-0.1, -0.05) is 18.5 Å². The van der Waals surface area contributed by atoms with Crippen molar-refractivity contribution in [1.82, 2.24) is 10.6 Å². The molecule has 4 nitrogen and oxygen atoms in total. The minimum atomic E-state index is -0.476. The Hall–Kier alpha value is -0.300. The molecule has 0 saturated carbocycles. The van der Waals surface area contributed by atoms with Gasteiger partial charge in [0.2, 0.25) is 0 Å². The van der Waals surface area contributed by atoms with Crippen LogP contribution in [-0.2, 0) is 11.3 Å². The highest BCUT2D eigenvalue weighted by atomic mass is 79.9. The van der Waals surface area contributed by atoms with Crippen LogP contribution in [0.15, 0.2) is 10.5 Å². The summed E-state index contributed by atoms with van der Waals surface area (Å²) in [4.78, 5) is 12.9. The smallest absolute Gasteiger partial charge is 0.407 e. The van der Waals surface area contributed by atoms with Crippen LogP contribution < -0.4 is 10.6 Å². The third kappa shape index (κ3) is 7.49. The Kier molecular flexibility index (Phi) is 7.47. The predicted molar refractivity (Wildman–Crippen MR) is 92.2 cm³/mol. The number of carbonyl (C=O) groups is 1. The number of rotatable bonds is 6. The van der Waals surface area contributed by atoms with E-state index in [1.165, 1.54) is 11.3 Å². The molecule has 0 aromatic carbocycles. The third-order valence-corrected chi connectivity index (χ3v) is 5.07. The minimum absolute atomic E-state index is 0.0405. The Morgan fingerprint density at radius 3 is 2.67 bits per heavy atom. The molecule has 120 valence electrons. The van der Waals surface area contributed by atoms with Crippen molar-refractivity contribution in [3.05, 3.63) is 19.8 Å². The molecule has 0 aliphatic carbocycles. The molecule has 1 rings (SSSR count). The summed E-state index contributed by atoms with van der Waals surface area (Å²) < 4.78 is 6.93. The predicted octanol–water partition coefficient (Wildman–Crippen LogP) is 4.56. The molecule has 21 heavy (non-hydrogen) atoms. The zero-order valence-corrected chi connectivity index (χ0v) is 15.9. The van der Waals surface area contributed by atoms with Crippen LogP contribution in [0.1, 0.15) is 39.0 Å². The quantitative estimate of drug-likeness (QED) is 0.740. The fourth-order valence-electron chi connectivity index (χ4n) is 1.62. The van der Waals surface area contributed by atoms with E-state index in [-0.39, 0.29) is 12.1 Å². The van der Waals surface area contributed by atoms with Crippen LogP contribution in [0.25, 0.3) is 0 Å². The fraction of sp³-hybridized carbons (Fsp3) is 0.643. The summed E-state index contributed by atoms with van der Waals surface area (Å²) in [5.41, 5.74) is -0.476. The lowest BCUT2D eigenvalue weighted by molar-refractivity contribution is 0.0502. The highest BCUT2D eigenvalue weighted by molar-refractivity contribution is 9.10. The summed E-state index contributed by atoms with van der Waals surface area (Å²) in [6.45, 7) is 8.99. The number of hydrogen-bond donors (Lipinski definition) is 2. The molecule has 1 aromatic heterocycles. The topological polar surface area (TPSA) is 50.4 Å². The second-order valence-corrected chi connectivity index (χ2v) is 8.31. The molecule has 0 aliphatic rings. The van der Waals surface area contributed by atoms with Crippen molar-refractivity contribution >= 4 is 45.0 Å². The number of halogens is 2. The van der Waals surface area contributed by atoms with Crippen LogP contribution in [-0.4, -0.2) is 24.3 Å². The van der Waals surface area contributed by atoms with E-state index in [4.69, 9.17) is 16.3 Å². The Morgan fingerprint density at radius 1 is 1.52 bits per heavy atom. The SMILES string of the molecule is CCC(CNCc1cc(Br)c(Cl)s1)NC(=O)OC(C)(C)C. The summed E-state index contributed by atoms with van der Waals surface area (Å²) in [5.74, 6) is 0. The molecule has 1 aromatic rings. The fourth-order valence-corrected chi connectivity index (χ4v) is 3.38. The first-order valence-electron chi connectivity index (χ1n) is 6.85. The number of amides is 1. The van der Waals surface area contributed by atoms with Gasteiger partial charge in [0.25, 0.3) is 0 Å². The van der Waals surface area contributed by atoms with Crippen molar-refractivity contribution in [2.24, 2.45) is 0 Å². The molecule has 1 amide bonds. The van der Waals surface area contributed by atoms with Gasteiger partial charge < -0.3 is 15.4 Å². The minimum Gasteiger partial charge on any atom is -0.444 e. The van der Waals surface area contributed by atoms with Crippen LogP contribution in [0.2, 0.25) is 4.34 Å². The third-order valence-electron chi connectivity index (χ3n) is 2.60. The number of hydrogen-bond acceptors (Lipinski definition) is 4. The molecule has 7 heteroatoms. The van der Waals surface area contributed by atoms with Gasteiger partial charge in [0, 0.05) is 28.5 Å². The maximum Gasteiger partial charge on any atom is 0.407 e. The van der Waals surface area contributed by atoms with Gasteiger partial charge >= 0.3 is 6.09 Å². The van der Waals surface area contributed by atoms with Crippen LogP contribution in [0.5, 0.6) is 0 Å². The molecule has 0 saturated heterocycles. The van der Waals surface area contributed by atoms with E-state index in [2.05, 4.69) is 26.6 Å². The summed E-state index contributed by atoms with van der Waals surface area (Å²) in [6, 6.07) is 2.04. The van der Waals surface area contributed by atoms with Crippen molar-refractivity contribution in [3.8, 4) is 0 Å². The van der Waals surface area contributed by atoms with Gasteiger partial charge in [-0.25, -0.2) is 4.79 Å². The molecule has 2 N–H and O–H groups in total. The lowest BCUT2D eigenvalue weighted by Gasteiger charge is -2.23. The summed E-state index contributed by atoms with van der Waals surface area (Å²) in [7, 11) is 0. The van der Waals surface area contributed by atoms with Crippen molar-refractivity contribution in [2.75, 3.05) is 6.54 Å². The molecule has 1 unspecified atom stereocenters. The van der Waals surface area contributed by atoms with E-state index in [9.17, 15) is 4.79 Å². The van der Waals surface area contributed by atoms with Gasteiger partial charge in [0.1, 0.15) is 9.94 Å². The zero-order chi connectivity index (χ0) is 16.0. The highest BCUT2D eigenvalue weighted by Gasteiger charge is 2.18. The summed E-state index contributed by atoms with van der Waals surface area (Å²) >= 11 is 10.9. The molecular formula is C14H22BrClN2O2S. The molecule has 1 atom stereocenters. The standard InChI is InChI=1S/C14H22BrClN2O2S/c1-5-9(18-13(19)20-14(2,3)4)7-17-8-10-6-11(15)12(16)21-10/h6,9,17H,5,7-8H2,1-4H3,(H,18,19). The molecule has 1 heterocycles. The van der Waals surface area contributed by atoms with Gasteiger partial charge in [-0.05, 0) is 49.2 Å². The lowest BCUT2D eigenvalue weighted by Crippen LogP contribution is -2.43. The van der Waals surface area contributed by atoms with E-state index >= 15 is 0 Å². The molecule has 0 aliphatic heterocycles. The normalized spacial score (nSPS) is 13.0. The van der Waals surface area contributed by atoms with E-state index in [1.807, 2.05) is 33.8 Å². The monoisotopic (exact) mass is 396 g/mol. The van der Waals surface area contributed by atoms with Crippen molar-refractivity contribution in [1.29, 1.82) is 0 Å². The number of carbonyl (C=O) groups excluding carboxylic acids is 1. The Bertz CT molecular complexity index is 455. The Balaban J connectivity index is 2.35. The van der Waals surface area contributed by atoms with Gasteiger partial charge in [0.05, 0.1) is 0 Å². The average molecular weight is 398 g/mol. The highest BCUT2D eigenvalue weighted by Crippen LogP contribution is 2.31. The summed E-state index contributed by atoms with van der Waals surface area (Å²) in [6.07, 6.45) is 0.458. The van der Waals surface area contributed by atoms with E-state index in [1.54, 1.807) is 0 Å². The molecule has 0 spiro atoms. The van der Waals surface area contributed by atoms with E-state index in [0.29, 0.717) is 6.54 Å². The lowest BCUT2D eigenvalue weighted by atomic mass is 10.2. The van der Waals surface area contributed by atoms with Crippen LogP contribution >= 0.6 is 38.9 Å². The van der Waals surface area contributed by atoms with Gasteiger partial charge in [-0.2, -0.15) is 0 Å². The maximum atomic E-state index is 11.7. The molecule has 0 radical (unpaired) electrons. The number of nitrogens with one attached hydrogen (secondary N) is 2. The van der Waals surface area contributed by atoms with Crippen LogP contribution in [0.3, 0.4) is 0 Å². The van der Waals surface area contributed by atoms with Gasteiger partial charge in [0.15, 0.2) is 0 Å². The zero-order valence-electron chi connectivity index (χ0n) is 12.8. The van der Waals surface area contributed by atoms with Crippen LogP contribution in [0, 0.1) is 0 Å². The first kappa shape index (κ1) is 18.7. The van der Waals surface area contributed by atoms with E-state index in [0.717, 1.165) is 26.7 Å². The van der Waals surface area contributed by atoms with Crippen LogP contribution in [0.4, 0.5) is 4.79 Å². The van der Waals surface area contributed by atoms with Crippen molar-refractivity contribution in [2.45, 2.75) is 52.3 Å². The molecule has 0 fully saturated rings. The Morgan fingerprint density at radius 2 is 2.19 bits per heavy atom. The number of alkyl carbamates (subject to hydrolysis) is 1. The van der Waals surface area contributed by atoms with Crippen molar-refractivity contribution in [3.63, 3.8) is 0 Å².